The second kappa shape index (κ2) is 7.02. The summed E-state index contributed by atoms with van der Waals surface area (Å²) in [6, 6.07) is 2.80. The van der Waals surface area contributed by atoms with E-state index in [9.17, 15) is 14.7 Å². The molecule has 1 aromatic heterocycles. The predicted octanol–water partition coefficient (Wildman–Crippen LogP) is 3.20. The Morgan fingerprint density at radius 3 is 2.76 bits per heavy atom. The van der Waals surface area contributed by atoms with Crippen LogP contribution in [0.4, 0.5) is 4.79 Å². The van der Waals surface area contributed by atoms with Crippen molar-refractivity contribution < 1.29 is 14.7 Å². The first-order valence-corrected chi connectivity index (χ1v) is 9.20. The zero-order valence-electron chi connectivity index (χ0n) is 11.7. The van der Waals surface area contributed by atoms with E-state index in [4.69, 9.17) is 0 Å². The number of thiophene rings is 1. The van der Waals surface area contributed by atoms with Crippen LogP contribution >= 0.6 is 39.0 Å². The third-order valence-electron chi connectivity index (χ3n) is 3.17. The third-order valence-corrected chi connectivity index (χ3v) is 6.41. The highest BCUT2D eigenvalue weighted by Gasteiger charge is 2.42. The molecule has 2 unspecified atom stereocenters. The lowest BCUT2D eigenvalue weighted by molar-refractivity contribution is -0.141. The zero-order valence-corrected chi connectivity index (χ0v) is 14.9. The zero-order chi connectivity index (χ0) is 15.6. The van der Waals surface area contributed by atoms with Crippen molar-refractivity contribution in [1.82, 2.24) is 10.2 Å². The molecule has 1 saturated heterocycles. The molecule has 2 atom stereocenters. The molecule has 1 fully saturated rings. The van der Waals surface area contributed by atoms with Gasteiger partial charge in [0.1, 0.15) is 6.04 Å². The van der Waals surface area contributed by atoms with Gasteiger partial charge in [-0.1, -0.05) is 13.8 Å². The van der Waals surface area contributed by atoms with Gasteiger partial charge in [0.2, 0.25) is 0 Å². The van der Waals surface area contributed by atoms with Gasteiger partial charge >= 0.3 is 12.0 Å². The quantitative estimate of drug-likeness (QED) is 0.824. The maximum absolute atomic E-state index is 12.4. The van der Waals surface area contributed by atoms with E-state index in [0.717, 1.165) is 8.66 Å². The molecule has 1 aliphatic rings. The molecule has 2 amide bonds. The Balaban J connectivity index is 2.04. The molecule has 0 aliphatic carbocycles. The fourth-order valence-electron chi connectivity index (χ4n) is 2.19. The minimum Gasteiger partial charge on any atom is -0.480 e. The number of carboxylic acid groups (broad SMARTS) is 1. The summed E-state index contributed by atoms with van der Waals surface area (Å²) >= 11 is 6.45. The average molecular weight is 393 g/mol. The van der Waals surface area contributed by atoms with Crippen molar-refractivity contribution in [3.63, 3.8) is 0 Å². The standard InChI is InChI=1S/C13H17BrN2O3S2/c1-7(2)11-16(9(6-20-11)12(17)18)13(19)15-5-8-3-4-10(14)21-8/h3-4,7,9,11H,5-6H2,1-2H3,(H,15,19)(H,17,18). The molecule has 5 nitrogen and oxygen atoms in total. The molecule has 1 aromatic rings. The Morgan fingerprint density at radius 2 is 2.24 bits per heavy atom. The van der Waals surface area contributed by atoms with Gasteiger partial charge in [-0.25, -0.2) is 9.59 Å². The number of halogens is 1. The summed E-state index contributed by atoms with van der Waals surface area (Å²) in [5, 5.41) is 12.0. The summed E-state index contributed by atoms with van der Waals surface area (Å²) in [5.74, 6) is -0.295. The van der Waals surface area contributed by atoms with E-state index in [-0.39, 0.29) is 17.3 Å². The van der Waals surface area contributed by atoms with Crippen LogP contribution in [0, 0.1) is 5.92 Å². The van der Waals surface area contributed by atoms with E-state index >= 15 is 0 Å². The molecule has 2 rings (SSSR count). The number of carbonyl (C=O) groups excluding carboxylic acids is 1. The Kier molecular flexibility index (Phi) is 5.56. The molecule has 1 aliphatic heterocycles. The van der Waals surface area contributed by atoms with Crippen LogP contribution in [-0.4, -0.2) is 39.2 Å². The third kappa shape index (κ3) is 3.92. The normalized spacial score (nSPS) is 21.8. The number of amides is 2. The number of carbonyl (C=O) groups is 2. The number of hydrogen-bond acceptors (Lipinski definition) is 4. The van der Waals surface area contributed by atoms with Crippen molar-refractivity contribution >= 4 is 51.0 Å². The van der Waals surface area contributed by atoms with E-state index in [2.05, 4.69) is 21.2 Å². The van der Waals surface area contributed by atoms with E-state index in [1.165, 1.54) is 16.7 Å². The average Bonchev–Trinajstić information content (AvgIpc) is 3.01. The van der Waals surface area contributed by atoms with Gasteiger partial charge in [0.05, 0.1) is 15.7 Å². The SMILES string of the molecule is CC(C)C1SCC(C(=O)O)N1C(=O)NCc1ccc(Br)s1. The van der Waals surface area contributed by atoms with Gasteiger partial charge in [0, 0.05) is 10.6 Å². The summed E-state index contributed by atoms with van der Waals surface area (Å²) in [4.78, 5) is 26.2. The number of nitrogens with zero attached hydrogens (tertiary/aromatic N) is 1. The summed E-state index contributed by atoms with van der Waals surface area (Å²) < 4.78 is 1.01. The second-order valence-corrected chi connectivity index (χ2v) is 8.79. The maximum atomic E-state index is 12.4. The highest BCUT2D eigenvalue weighted by Crippen LogP contribution is 2.34. The molecule has 0 saturated carbocycles. The Bertz CT molecular complexity index is 535. The first kappa shape index (κ1) is 16.6. The first-order valence-electron chi connectivity index (χ1n) is 6.55. The van der Waals surface area contributed by atoms with Crippen LogP contribution in [0.5, 0.6) is 0 Å². The molecule has 21 heavy (non-hydrogen) atoms. The highest BCUT2D eigenvalue weighted by atomic mass is 79.9. The van der Waals surface area contributed by atoms with Gasteiger partial charge in [-0.3, -0.25) is 4.90 Å². The number of urea groups is 1. The molecule has 0 bridgehead atoms. The summed E-state index contributed by atoms with van der Waals surface area (Å²) in [6.45, 7) is 4.41. The summed E-state index contributed by atoms with van der Waals surface area (Å²) in [7, 11) is 0. The lowest BCUT2D eigenvalue weighted by Gasteiger charge is -2.29. The van der Waals surface area contributed by atoms with Crippen molar-refractivity contribution in [3.05, 3.63) is 20.8 Å². The molecular formula is C13H17BrN2O3S2. The molecule has 116 valence electrons. The van der Waals surface area contributed by atoms with Crippen LogP contribution < -0.4 is 5.32 Å². The van der Waals surface area contributed by atoms with Gasteiger partial charge in [0.25, 0.3) is 0 Å². The molecule has 8 heteroatoms. The van der Waals surface area contributed by atoms with E-state index in [0.29, 0.717) is 12.3 Å². The lowest BCUT2D eigenvalue weighted by atomic mass is 10.2. The Labute approximate surface area is 140 Å². The van der Waals surface area contributed by atoms with Crippen LogP contribution in [0.3, 0.4) is 0 Å². The van der Waals surface area contributed by atoms with Gasteiger partial charge in [-0.2, -0.15) is 0 Å². The smallest absolute Gasteiger partial charge is 0.327 e. The molecule has 2 heterocycles. The highest BCUT2D eigenvalue weighted by molar-refractivity contribution is 9.11. The molecule has 2 N–H and O–H groups in total. The van der Waals surface area contributed by atoms with Crippen LogP contribution in [-0.2, 0) is 11.3 Å². The van der Waals surface area contributed by atoms with Crippen LogP contribution in [0.1, 0.15) is 18.7 Å². The molecular weight excluding hydrogens is 376 g/mol. The minimum absolute atomic E-state index is 0.0961. The first-order chi connectivity index (χ1) is 9.90. The lowest BCUT2D eigenvalue weighted by Crippen LogP contribution is -2.51. The number of rotatable bonds is 4. The minimum atomic E-state index is -0.945. The van der Waals surface area contributed by atoms with E-state index < -0.39 is 12.0 Å². The van der Waals surface area contributed by atoms with Gasteiger partial charge in [0.15, 0.2) is 0 Å². The van der Waals surface area contributed by atoms with Crippen molar-refractivity contribution in [2.24, 2.45) is 5.92 Å². The van der Waals surface area contributed by atoms with Crippen LogP contribution in [0.15, 0.2) is 15.9 Å². The van der Waals surface area contributed by atoms with E-state index in [1.54, 1.807) is 11.3 Å². The van der Waals surface area contributed by atoms with E-state index in [1.807, 2.05) is 26.0 Å². The van der Waals surface area contributed by atoms with Crippen molar-refractivity contribution in [2.75, 3.05) is 5.75 Å². The number of aliphatic carboxylic acids is 1. The van der Waals surface area contributed by atoms with Crippen molar-refractivity contribution in [1.29, 1.82) is 0 Å². The van der Waals surface area contributed by atoms with Crippen LogP contribution in [0.2, 0.25) is 0 Å². The van der Waals surface area contributed by atoms with Gasteiger partial charge in [-0.05, 0) is 34.0 Å². The van der Waals surface area contributed by atoms with Crippen molar-refractivity contribution in [2.45, 2.75) is 31.8 Å². The predicted molar refractivity (Wildman–Crippen MR) is 88.6 cm³/mol. The fraction of sp³-hybridized carbons (Fsp3) is 0.538. The van der Waals surface area contributed by atoms with Crippen LogP contribution in [0.25, 0.3) is 0 Å². The number of thioether (sulfide) groups is 1. The largest absolute Gasteiger partial charge is 0.480 e. The fourth-order valence-corrected chi connectivity index (χ4v) is 5.08. The molecule has 0 aromatic carbocycles. The Hall–Kier alpha value is -0.730. The maximum Gasteiger partial charge on any atom is 0.327 e. The number of nitrogens with one attached hydrogen (secondary N) is 1. The van der Waals surface area contributed by atoms with Gasteiger partial charge < -0.3 is 10.4 Å². The summed E-state index contributed by atoms with van der Waals surface area (Å²) in [5.41, 5.74) is 0. The topological polar surface area (TPSA) is 69.6 Å². The molecule has 0 spiro atoms. The summed E-state index contributed by atoms with van der Waals surface area (Å²) in [6.07, 6.45) is 0. The van der Waals surface area contributed by atoms with Gasteiger partial charge in [-0.15, -0.1) is 23.1 Å². The monoisotopic (exact) mass is 392 g/mol. The van der Waals surface area contributed by atoms with Crippen molar-refractivity contribution in [3.8, 4) is 0 Å². The Morgan fingerprint density at radius 1 is 1.52 bits per heavy atom. The number of carboxylic acids is 1. The second-order valence-electron chi connectivity index (χ2n) is 5.09. The number of hydrogen-bond donors (Lipinski definition) is 2. The molecule has 0 radical (unpaired) electrons.